The lowest BCUT2D eigenvalue weighted by Crippen LogP contribution is -2.36. The van der Waals surface area contributed by atoms with Gasteiger partial charge in [-0.25, -0.2) is 0 Å². The summed E-state index contributed by atoms with van der Waals surface area (Å²) >= 11 is 0. The van der Waals surface area contributed by atoms with E-state index in [9.17, 15) is 0 Å². The number of allylic oxidation sites excluding steroid dienone is 3. The number of nitrogens with one attached hydrogen (secondary N) is 3. The summed E-state index contributed by atoms with van der Waals surface area (Å²) in [5, 5.41) is 10.6. The van der Waals surface area contributed by atoms with Crippen LogP contribution < -0.4 is 16.0 Å². The zero-order valence-electron chi connectivity index (χ0n) is 11.8. The van der Waals surface area contributed by atoms with Crippen molar-refractivity contribution in [3.8, 4) is 0 Å². The fourth-order valence-corrected chi connectivity index (χ4v) is 3.37. The van der Waals surface area contributed by atoms with Crippen molar-refractivity contribution >= 4 is 0 Å². The molecule has 3 rings (SSSR count). The van der Waals surface area contributed by atoms with Crippen LogP contribution in [0.1, 0.15) is 19.8 Å². The average Bonchev–Trinajstić information content (AvgIpc) is 2.81. The van der Waals surface area contributed by atoms with Gasteiger partial charge in [0.15, 0.2) is 0 Å². The summed E-state index contributed by atoms with van der Waals surface area (Å²) in [6.45, 7) is 6.73. The molecule has 0 amide bonds. The van der Waals surface area contributed by atoms with Gasteiger partial charge in [-0.05, 0) is 50.9 Å². The molecule has 0 radical (unpaired) electrons. The highest BCUT2D eigenvalue weighted by Gasteiger charge is 2.27. The lowest BCUT2D eigenvalue weighted by atomic mass is 9.88. The molecule has 0 aromatic heterocycles. The predicted molar refractivity (Wildman–Crippen MR) is 79.9 cm³/mol. The van der Waals surface area contributed by atoms with Crippen molar-refractivity contribution in [2.75, 3.05) is 26.2 Å². The Balaban J connectivity index is 1.49. The monoisotopic (exact) mass is 259 g/mol. The number of hydrogen-bond donors (Lipinski definition) is 3. The van der Waals surface area contributed by atoms with E-state index in [-0.39, 0.29) is 0 Å². The molecule has 1 saturated heterocycles. The summed E-state index contributed by atoms with van der Waals surface area (Å²) < 4.78 is 0. The molecular weight excluding hydrogens is 234 g/mol. The Morgan fingerprint density at radius 2 is 2.16 bits per heavy atom. The van der Waals surface area contributed by atoms with Crippen molar-refractivity contribution in [3.63, 3.8) is 0 Å². The van der Waals surface area contributed by atoms with Gasteiger partial charge >= 0.3 is 0 Å². The lowest BCUT2D eigenvalue weighted by molar-refractivity contribution is 0.359. The minimum atomic E-state index is 0.487. The summed E-state index contributed by atoms with van der Waals surface area (Å²) in [5.41, 5.74) is 2.83. The molecule has 104 valence electrons. The first-order chi connectivity index (χ1) is 9.33. The summed E-state index contributed by atoms with van der Waals surface area (Å²) in [7, 11) is 0. The van der Waals surface area contributed by atoms with Crippen LogP contribution in [0.25, 0.3) is 0 Å². The highest BCUT2D eigenvalue weighted by Crippen LogP contribution is 2.28. The fraction of sp³-hybridized carbons (Fsp3) is 0.625. The Kier molecular flexibility index (Phi) is 4.04. The zero-order chi connectivity index (χ0) is 13.1. The molecule has 3 heteroatoms. The standard InChI is InChI=1S/C16H25N3/c1-12-9-15-14(3-2-4-16(15)19-12)11-18-10-13-5-7-17-8-6-13/h2-4,9,13,15-19H,5-8,10-11H2,1H3. The Hall–Kier alpha value is -1.06. The molecule has 3 aliphatic rings. The number of hydrogen-bond acceptors (Lipinski definition) is 3. The molecule has 2 aliphatic heterocycles. The quantitative estimate of drug-likeness (QED) is 0.717. The second-order valence-corrected chi connectivity index (χ2v) is 6.00. The highest BCUT2D eigenvalue weighted by atomic mass is 15.0. The predicted octanol–water partition coefficient (Wildman–Crippen LogP) is 1.56. The summed E-state index contributed by atoms with van der Waals surface area (Å²) in [6.07, 6.45) is 11.8. The largest absolute Gasteiger partial charge is 0.382 e. The van der Waals surface area contributed by atoms with E-state index in [0.29, 0.717) is 12.0 Å². The third-order valence-corrected chi connectivity index (χ3v) is 4.49. The Morgan fingerprint density at radius 3 is 3.00 bits per heavy atom. The molecular formula is C16H25N3. The van der Waals surface area contributed by atoms with E-state index < -0.39 is 0 Å². The van der Waals surface area contributed by atoms with Crippen LogP contribution >= 0.6 is 0 Å². The smallest absolute Gasteiger partial charge is 0.0545 e. The topological polar surface area (TPSA) is 36.1 Å². The number of fused-ring (bicyclic) bond motifs is 1. The summed E-state index contributed by atoms with van der Waals surface area (Å²) in [4.78, 5) is 0. The van der Waals surface area contributed by atoms with Crippen LogP contribution in [-0.4, -0.2) is 32.2 Å². The maximum atomic E-state index is 3.67. The van der Waals surface area contributed by atoms with E-state index >= 15 is 0 Å². The van der Waals surface area contributed by atoms with Crippen LogP contribution in [0, 0.1) is 11.8 Å². The third-order valence-electron chi connectivity index (χ3n) is 4.49. The maximum Gasteiger partial charge on any atom is 0.0545 e. The Labute approximate surface area is 116 Å². The van der Waals surface area contributed by atoms with Crippen molar-refractivity contribution in [2.24, 2.45) is 11.8 Å². The molecule has 0 saturated carbocycles. The van der Waals surface area contributed by atoms with Crippen LogP contribution in [0.3, 0.4) is 0 Å². The highest BCUT2D eigenvalue weighted by molar-refractivity contribution is 5.35. The van der Waals surface area contributed by atoms with Crippen molar-refractivity contribution in [2.45, 2.75) is 25.8 Å². The normalized spacial score (nSPS) is 30.6. The number of piperidine rings is 1. The number of rotatable bonds is 4. The van der Waals surface area contributed by atoms with Gasteiger partial charge in [-0.3, -0.25) is 0 Å². The van der Waals surface area contributed by atoms with E-state index in [4.69, 9.17) is 0 Å². The zero-order valence-corrected chi connectivity index (χ0v) is 11.8. The van der Waals surface area contributed by atoms with Crippen LogP contribution in [0.15, 0.2) is 35.6 Å². The van der Waals surface area contributed by atoms with Gasteiger partial charge in [0, 0.05) is 18.2 Å². The molecule has 0 aromatic rings. The first kappa shape index (κ1) is 12.9. The molecule has 2 unspecified atom stereocenters. The average molecular weight is 259 g/mol. The van der Waals surface area contributed by atoms with Crippen molar-refractivity contribution in [1.82, 2.24) is 16.0 Å². The van der Waals surface area contributed by atoms with Crippen LogP contribution in [0.2, 0.25) is 0 Å². The Morgan fingerprint density at radius 1 is 1.32 bits per heavy atom. The molecule has 0 aromatic carbocycles. The SMILES string of the molecule is CC1=CC2C(CNCC3CCNCC3)=CC=CC2N1. The maximum absolute atomic E-state index is 3.67. The summed E-state index contributed by atoms with van der Waals surface area (Å²) in [6, 6.07) is 0.487. The van der Waals surface area contributed by atoms with Gasteiger partial charge in [0.25, 0.3) is 0 Å². The first-order valence-electron chi connectivity index (χ1n) is 7.56. The molecule has 3 N–H and O–H groups in total. The van der Waals surface area contributed by atoms with Gasteiger partial charge in [-0.1, -0.05) is 24.3 Å². The fourth-order valence-electron chi connectivity index (χ4n) is 3.37. The van der Waals surface area contributed by atoms with Crippen LogP contribution in [-0.2, 0) is 0 Å². The van der Waals surface area contributed by atoms with Gasteiger partial charge < -0.3 is 16.0 Å². The third kappa shape index (κ3) is 3.10. The lowest BCUT2D eigenvalue weighted by Gasteiger charge is -2.26. The van der Waals surface area contributed by atoms with E-state index in [1.807, 2.05) is 0 Å². The summed E-state index contributed by atoms with van der Waals surface area (Å²) in [5.74, 6) is 1.42. The van der Waals surface area contributed by atoms with Gasteiger partial charge in [0.05, 0.1) is 6.04 Å². The minimum Gasteiger partial charge on any atom is -0.382 e. The van der Waals surface area contributed by atoms with Crippen molar-refractivity contribution in [3.05, 3.63) is 35.6 Å². The van der Waals surface area contributed by atoms with Gasteiger partial charge in [0.2, 0.25) is 0 Å². The molecule has 0 bridgehead atoms. The van der Waals surface area contributed by atoms with Gasteiger partial charge in [-0.2, -0.15) is 0 Å². The molecule has 1 fully saturated rings. The second kappa shape index (κ2) is 5.93. The molecule has 0 spiro atoms. The first-order valence-corrected chi connectivity index (χ1v) is 7.56. The van der Waals surface area contributed by atoms with Gasteiger partial charge in [0.1, 0.15) is 0 Å². The Bertz CT molecular complexity index is 402. The van der Waals surface area contributed by atoms with Crippen LogP contribution in [0.4, 0.5) is 0 Å². The van der Waals surface area contributed by atoms with E-state index in [2.05, 4.69) is 47.2 Å². The van der Waals surface area contributed by atoms with Crippen molar-refractivity contribution < 1.29 is 0 Å². The molecule has 2 atom stereocenters. The van der Waals surface area contributed by atoms with Crippen molar-refractivity contribution in [1.29, 1.82) is 0 Å². The van der Waals surface area contributed by atoms with E-state index in [1.54, 1.807) is 0 Å². The van der Waals surface area contributed by atoms with E-state index in [1.165, 1.54) is 37.2 Å². The molecule has 2 heterocycles. The van der Waals surface area contributed by atoms with Crippen LogP contribution in [0.5, 0.6) is 0 Å². The molecule has 1 aliphatic carbocycles. The second-order valence-electron chi connectivity index (χ2n) is 6.00. The minimum absolute atomic E-state index is 0.487. The van der Waals surface area contributed by atoms with E-state index in [0.717, 1.165) is 19.0 Å². The molecule has 19 heavy (non-hydrogen) atoms. The molecule has 3 nitrogen and oxygen atoms in total. The van der Waals surface area contributed by atoms with Gasteiger partial charge in [-0.15, -0.1) is 0 Å².